The lowest BCUT2D eigenvalue weighted by Gasteiger charge is -2.19. The van der Waals surface area contributed by atoms with Crippen molar-refractivity contribution in [2.75, 3.05) is 11.5 Å². The van der Waals surface area contributed by atoms with E-state index in [1.807, 2.05) is 0 Å². The van der Waals surface area contributed by atoms with Gasteiger partial charge < -0.3 is 15.2 Å². The number of thioether (sulfide) groups is 1. The van der Waals surface area contributed by atoms with Crippen LogP contribution in [0.25, 0.3) is 0 Å². The lowest BCUT2D eigenvalue weighted by atomic mass is 10.1. The molecule has 0 saturated carbocycles. The fourth-order valence-electron chi connectivity index (χ4n) is 1.97. The third-order valence-electron chi connectivity index (χ3n) is 2.98. The fourth-order valence-corrected chi connectivity index (χ4v) is 3.04. The lowest BCUT2D eigenvalue weighted by Crippen LogP contribution is -2.36. The van der Waals surface area contributed by atoms with E-state index in [0.29, 0.717) is 18.6 Å². The van der Waals surface area contributed by atoms with Crippen LogP contribution in [0.4, 0.5) is 0 Å². The van der Waals surface area contributed by atoms with Crippen molar-refractivity contribution in [1.29, 1.82) is 0 Å². The Morgan fingerprint density at radius 3 is 2.89 bits per heavy atom. The SMILES string of the molecule is CC1(C)CCC(CSCCC(NC=O)C(=O)O)O1. The molecule has 104 valence electrons. The molecule has 0 aromatic heterocycles. The second-order valence-electron chi connectivity index (χ2n) is 5.08. The summed E-state index contributed by atoms with van der Waals surface area (Å²) in [5.74, 6) is 0.607. The highest BCUT2D eigenvalue weighted by Crippen LogP contribution is 2.31. The van der Waals surface area contributed by atoms with Crippen molar-refractivity contribution in [3.05, 3.63) is 0 Å². The number of hydrogen-bond donors (Lipinski definition) is 2. The molecular weight excluding hydrogens is 254 g/mol. The summed E-state index contributed by atoms with van der Waals surface area (Å²) in [6.07, 6.45) is 3.28. The Morgan fingerprint density at radius 2 is 2.39 bits per heavy atom. The van der Waals surface area contributed by atoms with Crippen molar-refractivity contribution in [3.63, 3.8) is 0 Å². The predicted molar refractivity (Wildman–Crippen MR) is 70.8 cm³/mol. The Bertz CT molecular complexity index is 296. The van der Waals surface area contributed by atoms with E-state index in [9.17, 15) is 9.59 Å². The summed E-state index contributed by atoms with van der Waals surface area (Å²) in [7, 11) is 0. The van der Waals surface area contributed by atoms with Gasteiger partial charge in [0.1, 0.15) is 6.04 Å². The van der Waals surface area contributed by atoms with Gasteiger partial charge in [-0.05, 0) is 38.9 Å². The molecule has 1 amide bonds. The second kappa shape index (κ2) is 6.99. The summed E-state index contributed by atoms with van der Waals surface area (Å²) in [6.45, 7) is 4.18. The molecule has 5 nitrogen and oxygen atoms in total. The van der Waals surface area contributed by atoms with Crippen LogP contribution in [0.1, 0.15) is 33.1 Å². The average molecular weight is 275 g/mol. The highest BCUT2D eigenvalue weighted by Gasteiger charge is 2.31. The quantitative estimate of drug-likeness (QED) is 0.515. The Morgan fingerprint density at radius 1 is 1.67 bits per heavy atom. The van der Waals surface area contributed by atoms with Crippen LogP contribution in [-0.2, 0) is 14.3 Å². The Kier molecular flexibility index (Phi) is 5.95. The number of aliphatic carboxylic acids is 1. The highest BCUT2D eigenvalue weighted by molar-refractivity contribution is 7.99. The molecule has 0 radical (unpaired) electrons. The topological polar surface area (TPSA) is 75.6 Å². The second-order valence-corrected chi connectivity index (χ2v) is 6.23. The lowest BCUT2D eigenvalue weighted by molar-refractivity contribution is -0.140. The van der Waals surface area contributed by atoms with Gasteiger partial charge in [0.2, 0.25) is 6.41 Å². The smallest absolute Gasteiger partial charge is 0.326 e. The number of carboxylic acids is 1. The van der Waals surface area contributed by atoms with Gasteiger partial charge in [-0.15, -0.1) is 0 Å². The maximum atomic E-state index is 10.8. The first-order valence-electron chi connectivity index (χ1n) is 6.12. The van der Waals surface area contributed by atoms with Gasteiger partial charge in [0, 0.05) is 5.75 Å². The van der Waals surface area contributed by atoms with Gasteiger partial charge in [0.05, 0.1) is 11.7 Å². The highest BCUT2D eigenvalue weighted by atomic mass is 32.2. The summed E-state index contributed by atoms with van der Waals surface area (Å²) in [5.41, 5.74) is -0.0199. The number of ether oxygens (including phenoxy) is 1. The molecule has 1 aliphatic rings. The van der Waals surface area contributed by atoms with Crippen LogP contribution in [0.2, 0.25) is 0 Å². The van der Waals surface area contributed by atoms with Crippen LogP contribution in [0.15, 0.2) is 0 Å². The van der Waals surface area contributed by atoms with E-state index < -0.39 is 12.0 Å². The van der Waals surface area contributed by atoms with Gasteiger partial charge in [-0.1, -0.05) is 0 Å². The van der Waals surface area contributed by atoms with Crippen molar-refractivity contribution in [3.8, 4) is 0 Å². The van der Waals surface area contributed by atoms with Crippen LogP contribution in [0, 0.1) is 0 Å². The summed E-state index contributed by atoms with van der Waals surface area (Å²) >= 11 is 1.68. The van der Waals surface area contributed by atoms with Crippen molar-refractivity contribution in [2.24, 2.45) is 0 Å². The van der Waals surface area contributed by atoms with Crippen molar-refractivity contribution < 1.29 is 19.4 Å². The first kappa shape index (κ1) is 15.3. The number of hydrogen-bond acceptors (Lipinski definition) is 4. The number of carboxylic acid groups (broad SMARTS) is 1. The van der Waals surface area contributed by atoms with E-state index >= 15 is 0 Å². The molecule has 18 heavy (non-hydrogen) atoms. The number of rotatable bonds is 8. The molecule has 0 spiro atoms. The zero-order valence-corrected chi connectivity index (χ0v) is 11.7. The van der Waals surface area contributed by atoms with Gasteiger partial charge in [-0.3, -0.25) is 4.79 Å². The molecule has 1 fully saturated rings. The molecule has 0 bridgehead atoms. The minimum Gasteiger partial charge on any atom is -0.480 e. The van der Waals surface area contributed by atoms with E-state index in [1.54, 1.807) is 11.8 Å². The van der Waals surface area contributed by atoms with Crippen molar-refractivity contribution in [1.82, 2.24) is 5.32 Å². The van der Waals surface area contributed by atoms with Gasteiger partial charge in [0.25, 0.3) is 0 Å². The summed E-state index contributed by atoms with van der Waals surface area (Å²) in [6, 6.07) is -0.782. The van der Waals surface area contributed by atoms with Crippen molar-refractivity contribution in [2.45, 2.75) is 50.9 Å². The summed E-state index contributed by atoms with van der Waals surface area (Å²) < 4.78 is 5.84. The van der Waals surface area contributed by atoms with Gasteiger partial charge in [-0.2, -0.15) is 11.8 Å². The monoisotopic (exact) mass is 275 g/mol. The first-order chi connectivity index (χ1) is 8.44. The van der Waals surface area contributed by atoms with Gasteiger partial charge >= 0.3 is 5.97 Å². The van der Waals surface area contributed by atoms with E-state index in [4.69, 9.17) is 9.84 Å². The number of carbonyl (C=O) groups excluding carboxylic acids is 1. The molecular formula is C12H21NO4S. The maximum Gasteiger partial charge on any atom is 0.326 e. The van der Waals surface area contributed by atoms with Crippen LogP contribution in [0.5, 0.6) is 0 Å². The molecule has 1 heterocycles. The molecule has 0 aromatic carbocycles. The zero-order chi connectivity index (χ0) is 13.6. The normalized spacial score (nSPS) is 23.6. The zero-order valence-electron chi connectivity index (χ0n) is 10.8. The Labute approximate surface area is 112 Å². The van der Waals surface area contributed by atoms with Crippen LogP contribution in [0.3, 0.4) is 0 Å². The maximum absolute atomic E-state index is 10.8. The first-order valence-corrected chi connectivity index (χ1v) is 7.28. The molecule has 1 saturated heterocycles. The number of carbonyl (C=O) groups is 2. The molecule has 6 heteroatoms. The molecule has 1 aliphatic heterocycles. The fraction of sp³-hybridized carbons (Fsp3) is 0.833. The predicted octanol–water partition coefficient (Wildman–Crippen LogP) is 1.27. The van der Waals surface area contributed by atoms with Crippen LogP contribution in [-0.4, -0.2) is 46.7 Å². The minimum absolute atomic E-state index is 0.0199. The molecule has 0 aliphatic carbocycles. The Hall–Kier alpha value is -0.750. The molecule has 2 atom stereocenters. The summed E-state index contributed by atoms with van der Waals surface area (Å²) in [5, 5.41) is 11.1. The number of amides is 1. The van der Waals surface area contributed by atoms with Crippen LogP contribution >= 0.6 is 11.8 Å². The molecule has 1 rings (SSSR count). The van der Waals surface area contributed by atoms with E-state index in [-0.39, 0.29) is 11.7 Å². The Balaban J connectivity index is 2.14. The van der Waals surface area contributed by atoms with Gasteiger partial charge in [-0.25, -0.2) is 4.79 Å². The van der Waals surface area contributed by atoms with Gasteiger partial charge in [0.15, 0.2) is 0 Å². The summed E-state index contributed by atoms with van der Waals surface area (Å²) in [4.78, 5) is 21.0. The van der Waals surface area contributed by atoms with Crippen molar-refractivity contribution >= 4 is 24.1 Å². The van der Waals surface area contributed by atoms with E-state index in [1.165, 1.54) is 0 Å². The number of nitrogens with one attached hydrogen (secondary N) is 1. The van der Waals surface area contributed by atoms with E-state index in [0.717, 1.165) is 18.6 Å². The molecule has 2 unspecified atom stereocenters. The third-order valence-corrected chi connectivity index (χ3v) is 4.11. The molecule has 2 N–H and O–H groups in total. The minimum atomic E-state index is -0.985. The average Bonchev–Trinajstić information content (AvgIpc) is 2.62. The van der Waals surface area contributed by atoms with Crippen LogP contribution < -0.4 is 5.32 Å². The third kappa shape index (κ3) is 5.27. The van der Waals surface area contributed by atoms with E-state index in [2.05, 4.69) is 19.2 Å². The standard InChI is InChI=1S/C12H21NO4S/c1-12(2)5-3-9(17-12)7-18-6-4-10(11(15)16)13-8-14/h8-10H,3-7H2,1-2H3,(H,13,14)(H,15,16). The molecule has 0 aromatic rings. The largest absolute Gasteiger partial charge is 0.480 e.